The predicted octanol–water partition coefficient (Wildman–Crippen LogP) is 3.49. The van der Waals surface area contributed by atoms with Crippen LogP contribution in [0.4, 0.5) is 5.69 Å². The molecule has 1 amide bonds. The van der Waals surface area contributed by atoms with E-state index >= 15 is 0 Å². The van der Waals surface area contributed by atoms with E-state index in [1.54, 1.807) is 4.90 Å². The van der Waals surface area contributed by atoms with Gasteiger partial charge in [0.05, 0.1) is 17.4 Å². The van der Waals surface area contributed by atoms with Crippen molar-refractivity contribution in [1.82, 2.24) is 9.80 Å². The van der Waals surface area contributed by atoms with Crippen LogP contribution in [0.2, 0.25) is 4.34 Å². The van der Waals surface area contributed by atoms with E-state index in [1.165, 1.54) is 22.6 Å². The maximum atomic E-state index is 12.5. The summed E-state index contributed by atoms with van der Waals surface area (Å²) in [5.41, 5.74) is 2.56. The number of halogens is 1. The van der Waals surface area contributed by atoms with E-state index in [2.05, 4.69) is 41.0 Å². The van der Waals surface area contributed by atoms with Gasteiger partial charge in [0.25, 0.3) is 0 Å². The minimum atomic E-state index is 0.161. The van der Waals surface area contributed by atoms with Crippen LogP contribution in [0.15, 0.2) is 36.4 Å². The van der Waals surface area contributed by atoms with Crippen molar-refractivity contribution < 1.29 is 4.79 Å². The number of carbonyl (C=O) groups excluding carboxylic acids is 1. The van der Waals surface area contributed by atoms with Crippen LogP contribution >= 0.6 is 22.9 Å². The monoisotopic (exact) mass is 377 g/mol. The number of aryl methyl sites for hydroxylation is 1. The zero-order chi connectivity index (χ0) is 17.8. The number of amides is 1. The van der Waals surface area contributed by atoms with Crippen molar-refractivity contribution in [3.05, 3.63) is 51.2 Å². The number of anilines is 1. The Morgan fingerprint density at radius 3 is 2.60 bits per heavy atom. The van der Waals surface area contributed by atoms with Gasteiger partial charge in [0, 0.05) is 43.8 Å². The minimum Gasteiger partial charge on any atom is -0.369 e. The van der Waals surface area contributed by atoms with Gasteiger partial charge in [-0.25, -0.2) is 0 Å². The van der Waals surface area contributed by atoms with Crippen LogP contribution < -0.4 is 4.90 Å². The van der Waals surface area contributed by atoms with Crippen LogP contribution in [0.1, 0.15) is 10.4 Å². The molecular weight excluding hydrogens is 354 g/mol. The summed E-state index contributed by atoms with van der Waals surface area (Å²) in [6.45, 7) is 6.98. The Labute approximate surface area is 158 Å². The molecule has 0 N–H and O–H groups in total. The molecule has 1 fully saturated rings. The Bertz CT molecular complexity index is 725. The molecule has 0 radical (unpaired) electrons. The fourth-order valence-electron chi connectivity index (χ4n) is 3.06. The molecule has 1 aromatic carbocycles. The number of likely N-dealkylation sites (N-methyl/N-ethyl adjacent to an activating group) is 1. The smallest absolute Gasteiger partial charge is 0.236 e. The van der Waals surface area contributed by atoms with E-state index < -0.39 is 0 Å². The molecule has 1 aromatic heterocycles. The molecule has 0 aliphatic carbocycles. The van der Waals surface area contributed by atoms with E-state index in [4.69, 9.17) is 11.6 Å². The fraction of sp³-hybridized carbons (Fsp3) is 0.421. The highest BCUT2D eigenvalue weighted by molar-refractivity contribution is 7.16. The highest BCUT2D eigenvalue weighted by Gasteiger charge is 2.21. The number of hydrogen-bond donors (Lipinski definition) is 0. The lowest BCUT2D eigenvalue weighted by Gasteiger charge is -2.36. The third kappa shape index (κ3) is 4.97. The van der Waals surface area contributed by atoms with Gasteiger partial charge < -0.3 is 9.80 Å². The number of benzene rings is 1. The van der Waals surface area contributed by atoms with Crippen LogP contribution in [0.25, 0.3) is 0 Å². The zero-order valence-corrected chi connectivity index (χ0v) is 16.3. The lowest BCUT2D eigenvalue weighted by atomic mass is 10.2. The minimum absolute atomic E-state index is 0.161. The molecule has 0 saturated carbocycles. The van der Waals surface area contributed by atoms with Gasteiger partial charge in [-0.2, -0.15) is 0 Å². The first kappa shape index (κ1) is 18.2. The number of piperazine rings is 1. The highest BCUT2D eigenvalue weighted by Crippen LogP contribution is 2.22. The molecule has 0 atom stereocenters. The molecule has 0 unspecified atom stereocenters. The second-order valence-electron chi connectivity index (χ2n) is 6.56. The molecular formula is C19H24ClN3OS. The molecule has 0 bridgehead atoms. The van der Waals surface area contributed by atoms with E-state index in [0.29, 0.717) is 13.1 Å². The van der Waals surface area contributed by atoms with Crippen LogP contribution in [0.3, 0.4) is 0 Å². The van der Waals surface area contributed by atoms with E-state index in [9.17, 15) is 4.79 Å². The molecule has 134 valence electrons. The van der Waals surface area contributed by atoms with Gasteiger partial charge in [0.1, 0.15) is 0 Å². The molecule has 1 aliphatic heterocycles. The van der Waals surface area contributed by atoms with Gasteiger partial charge in [-0.05, 0) is 36.8 Å². The average Bonchev–Trinajstić information content (AvgIpc) is 3.00. The molecule has 0 spiro atoms. The van der Waals surface area contributed by atoms with Crippen molar-refractivity contribution in [2.24, 2.45) is 0 Å². The van der Waals surface area contributed by atoms with Crippen LogP contribution in [0.5, 0.6) is 0 Å². The maximum absolute atomic E-state index is 12.5. The van der Waals surface area contributed by atoms with E-state index in [-0.39, 0.29) is 5.91 Å². The molecule has 1 aliphatic rings. The predicted molar refractivity (Wildman–Crippen MR) is 106 cm³/mol. The van der Waals surface area contributed by atoms with Crippen molar-refractivity contribution >= 4 is 34.5 Å². The average molecular weight is 378 g/mol. The summed E-state index contributed by atoms with van der Waals surface area (Å²) in [7, 11) is 1.86. The van der Waals surface area contributed by atoms with Crippen molar-refractivity contribution in [3.8, 4) is 0 Å². The second-order valence-corrected chi connectivity index (χ2v) is 8.36. The molecule has 4 nitrogen and oxygen atoms in total. The third-order valence-electron chi connectivity index (χ3n) is 4.55. The first-order valence-corrected chi connectivity index (χ1v) is 9.73. The Balaban J connectivity index is 1.47. The largest absolute Gasteiger partial charge is 0.369 e. The molecule has 6 heteroatoms. The molecule has 3 rings (SSSR count). The Hall–Kier alpha value is -1.56. The Morgan fingerprint density at radius 1 is 1.20 bits per heavy atom. The first-order chi connectivity index (χ1) is 12.0. The number of thiophene rings is 1. The second kappa shape index (κ2) is 8.21. The number of rotatable bonds is 5. The van der Waals surface area contributed by atoms with Crippen molar-refractivity contribution in [3.63, 3.8) is 0 Å². The topological polar surface area (TPSA) is 26.8 Å². The van der Waals surface area contributed by atoms with Crippen LogP contribution in [-0.2, 0) is 11.3 Å². The number of carbonyl (C=O) groups is 1. The number of hydrogen-bond acceptors (Lipinski definition) is 4. The summed E-state index contributed by atoms with van der Waals surface area (Å²) in [5.74, 6) is 0.161. The van der Waals surface area contributed by atoms with Gasteiger partial charge in [-0.3, -0.25) is 9.69 Å². The summed E-state index contributed by atoms with van der Waals surface area (Å²) in [6, 6.07) is 12.5. The molecule has 1 saturated heterocycles. The standard InChI is InChI=1S/C19H24ClN3OS/c1-15-4-3-5-16(12-15)23-10-8-22(9-11-23)14-19(24)21(2)13-17-6-7-18(20)25-17/h3-7,12H,8-11,13-14H2,1-2H3. The lowest BCUT2D eigenvalue weighted by molar-refractivity contribution is -0.131. The molecule has 2 heterocycles. The van der Waals surface area contributed by atoms with Crippen molar-refractivity contribution in [2.45, 2.75) is 13.5 Å². The lowest BCUT2D eigenvalue weighted by Crippen LogP contribution is -2.49. The van der Waals surface area contributed by atoms with Gasteiger partial charge in [-0.1, -0.05) is 23.7 Å². The Morgan fingerprint density at radius 2 is 1.96 bits per heavy atom. The first-order valence-electron chi connectivity index (χ1n) is 8.53. The van der Waals surface area contributed by atoms with Crippen LogP contribution in [0, 0.1) is 6.92 Å². The highest BCUT2D eigenvalue weighted by atomic mass is 35.5. The van der Waals surface area contributed by atoms with Gasteiger partial charge in [-0.15, -0.1) is 11.3 Å². The fourth-order valence-corrected chi connectivity index (χ4v) is 4.20. The van der Waals surface area contributed by atoms with Crippen LogP contribution in [-0.4, -0.2) is 55.5 Å². The summed E-state index contributed by atoms with van der Waals surface area (Å²) in [5, 5.41) is 0. The molecule has 25 heavy (non-hydrogen) atoms. The van der Waals surface area contributed by atoms with E-state index in [1.807, 2.05) is 19.2 Å². The van der Waals surface area contributed by atoms with Crippen molar-refractivity contribution in [1.29, 1.82) is 0 Å². The zero-order valence-electron chi connectivity index (χ0n) is 14.7. The van der Waals surface area contributed by atoms with Gasteiger partial charge >= 0.3 is 0 Å². The summed E-state index contributed by atoms with van der Waals surface area (Å²) in [4.78, 5) is 20.0. The van der Waals surface area contributed by atoms with Crippen molar-refractivity contribution in [2.75, 3.05) is 44.7 Å². The summed E-state index contributed by atoms with van der Waals surface area (Å²) < 4.78 is 0.767. The summed E-state index contributed by atoms with van der Waals surface area (Å²) >= 11 is 7.49. The SMILES string of the molecule is Cc1cccc(N2CCN(CC(=O)N(C)Cc3ccc(Cl)s3)CC2)c1. The Kier molecular flexibility index (Phi) is 5.99. The summed E-state index contributed by atoms with van der Waals surface area (Å²) in [6.07, 6.45) is 0. The molecule has 2 aromatic rings. The number of nitrogens with zero attached hydrogens (tertiary/aromatic N) is 3. The van der Waals surface area contributed by atoms with E-state index in [0.717, 1.165) is 35.4 Å². The van der Waals surface area contributed by atoms with Gasteiger partial charge in [0.15, 0.2) is 0 Å². The normalized spacial score (nSPS) is 15.4. The third-order valence-corrected chi connectivity index (χ3v) is 5.76. The maximum Gasteiger partial charge on any atom is 0.236 e. The van der Waals surface area contributed by atoms with Gasteiger partial charge in [0.2, 0.25) is 5.91 Å². The quantitative estimate of drug-likeness (QED) is 0.798.